The number of benzene rings is 11. The zero-order chi connectivity index (χ0) is 93.0. The summed E-state index contributed by atoms with van der Waals surface area (Å²) in [4.78, 5) is 5.39. The number of hydrogen-bond acceptors (Lipinski definition) is 1. The minimum absolute atomic E-state index is 0. The third-order valence-corrected chi connectivity index (χ3v) is 19.2. The van der Waals surface area contributed by atoms with Gasteiger partial charge in [-0.2, -0.15) is 0 Å². The van der Waals surface area contributed by atoms with Crippen LogP contribution >= 0.6 is 17.0 Å². The van der Waals surface area contributed by atoms with Gasteiger partial charge in [-0.3, -0.25) is 0 Å². The minimum Gasteiger partial charge on any atom is -1.00 e. The van der Waals surface area contributed by atoms with E-state index < -0.39 is 289 Å². The summed E-state index contributed by atoms with van der Waals surface area (Å²) in [5, 5.41) is 0. The Morgan fingerprint density at radius 2 is 0.333 bits per heavy atom. The fourth-order valence-electron chi connectivity index (χ4n) is 12.9. The normalized spacial score (nSPS) is 11.7. The van der Waals surface area contributed by atoms with Crippen molar-refractivity contribution in [3.8, 4) is 0 Å². The van der Waals surface area contributed by atoms with E-state index in [4.69, 9.17) is 0 Å². The van der Waals surface area contributed by atoms with Crippen LogP contribution in [-0.4, -0.2) is 58.0 Å². The Hall–Kier alpha value is -9.41. The number of halogens is 42. The molecule has 0 aliphatic carbocycles. The van der Waals surface area contributed by atoms with Crippen LogP contribution in [0.4, 0.5) is 176 Å². The minimum atomic E-state index is -7.22. The van der Waals surface area contributed by atoms with Gasteiger partial charge < -0.3 is 31.7 Å². The first-order chi connectivity index (χ1) is 57.4. The first kappa shape index (κ1) is 109. The SMILES string of the molecule is Br.CCN(C)Cc1ccccc1.CC[NH+](C)Cc1ccccc1.CC[NH+](C)Cc1ccccc1.Fc1c(F)c(F)c([B-](c2c(F)c(F)c(F)c(F)c2F)(c2c(F)c(F)c(F)c(F)c2F)c2c(F)c(F)c(F)c(F)c2F)c(F)c1F.Fc1c(F)c(F)c([B-](c2c(F)c(F)c(F)c(F)c2F)(c2c(F)c(F)c(F)c(F)c2F)c2c(F)c(F)c(F)c(F)c2F)c(F)c1F.[Br-].[Na+]. The Morgan fingerprint density at radius 3 is 0.452 bits per heavy atom. The van der Waals surface area contributed by atoms with E-state index in [0.29, 0.717) is 0 Å². The van der Waals surface area contributed by atoms with Crippen LogP contribution in [0.25, 0.3) is 0 Å². The quantitative estimate of drug-likeness (QED) is 0.0401. The van der Waals surface area contributed by atoms with E-state index in [1.165, 1.54) is 29.8 Å². The van der Waals surface area contributed by atoms with Crippen molar-refractivity contribution >= 4 is 73.0 Å². The van der Waals surface area contributed by atoms with Crippen LogP contribution in [0.5, 0.6) is 0 Å². The molecule has 0 spiro atoms. The van der Waals surface area contributed by atoms with Crippen LogP contribution < -0.4 is 100 Å². The first-order valence-corrected chi connectivity index (χ1v) is 34.3. The van der Waals surface area contributed by atoms with Gasteiger partial charge in [0.1, 0.15) is 118 Å². The summed E-state index contributed by atoms with van der Waals surface area (Å²) in [5.74, 6) is -143. The number of rotatable bonds is 17. The average Bonchev–Trinajstić information content (AvgIpc) is 0.684. The van der Waals surface area contributed by atoms with Crippen molar-refractivity contribution < 1.29 is 232 Å². The molecule has 0 fully saturated rings. The fraction of sp³-hybridized carbons (Fsp3) is 0.154. The Bertz CT molecular complexity index is 4680. The molecule has 0 heterocycles. The molecule has 2 N–H and O–H groups in total. The Labute approximate surface area is 727 Å². The van der Waals surface area contributed by atoms with Gasteiger partial charge in [-0.25, -0.2) is 176 Å². The van der Waals surface area contributed by atoms with E-state index in [0.717, 1.165) is 26.2 Å². The van der Waals surface area contributed by atoms with Crippen LogP contribution in [0.1, 0.15) is 37.5 Å². The third-order valence-electron chi connectivity index (χ3n) is 19.2. The van der Waals surface area contributed by atoms with Crippen LogP contribution in [0.2, 0.25) is 0 Å². The van der Waals surface area contributed by atoms with Gasteiger partial charge in [0.2, 0.25) is 0 Å². The molecular formula is C78H48B2Br2F40N3Na. The molecule has 0 aliphatic rings. The van der Waals surface area contributed by atoms with Crippen molar-refractivity contribution in [2.45, 2.75) is 40.4 Å². The molecular weight excluding hydrogens is 1940 g/mol. The van der Waals surface area contributed by atoms with E-state index >= 15 is 70.2 Å². The van der Waals surface area contributed by atoms with Crippen LogP contribution in [0.3, 0.4) is 0 Å². The Balaban J connectivity index is 0.000000380. The van der Waals surface area contributed by atoms with Crippen molar-refractivity contribution in [2.75, 3.05) is 40.8 Å². The van der Waals surface area contributed by atoms with Crippen LogP contribution in [0, 0.1) is 233 Å². The molecule has 11 aromatic rings. The molecule has 0 saturated carbocycles. The van der Waals surface area contributed by atoms with Gasteiger partial charge in [0, 0.05) is 17.7 Å². The van der Waals surface area contributed by atoms with Crippen molar-refractivity contribution in [2.24, 2.45) is 0 Å². The summed E-state index contributed by atoms with van der Waals surface area (Å²) in [7, 11) is 6.56. The predicted molar refractivity (Wildman–Crippen MR) is 372 cm³/mol. The van der Waals surface area contributed by atoms with Crippen LogP contribution in [0.15, 0.2) is 91.0 Å². The molecule has 0 aromatic heterocycles. The molecule has 0 bridgehead atoms. The molecule has 2 unspecified atom stereocenters. The summed E-state index contributed by atoms with van der Waals surface area (Å²) in [6, 6.07) is 31.8. The largest absolute Gasteiger partial charge is 1.00 e. The molecule has 11 aromatic carbocycles. The van der Waals surface area contributed by atoms with Crippen molar-refractivity contribution in [1.29, 1.82) is 0 Å². The molecule has 0 radical (unpaired) electrons. The Kier molecular flexibility index (Phi) is 38.1. The van der Waals surface area contributed by atoms with E-state index in [9.17, 15) is 105 Å². The van der Waals surface area contributed by atoms with Gasteiger partial charge in [0.05, 0.1) is 27.2 Å². The second-order valence-corrected chi connectivity index (χ2v) is 26.4. The molecule has 676 valence electrons. The summed E-state index contributed by atoms with van der Waals surface area (Å²) in [5.41, 5.74) is -24.4. The maximum atomic E-state index is 15.4. The number of nitrogens with zero attached hydrogens (tertiary/aromatic N) is 1. The van der Waals surface area contributed by atoms with E-state index in [1.54, 1.807) is 9.80 Å². The van der Waals surface area contributed by atoms with Gasteiger partial charge in [-0.1, -0.05) is 97.9 Å². The third kappa shape index (κ3) is 19.9. The number of quaternary nitrogens is 2. The average molecular weight is 1990 g/mol. The monoisotopic (exact) mass is 1990 g/mol. The van der Waals surface area contributed by atoms with Crippen molar-refractivity contribution in [3.05, 3.63) is 340 Å². The first-order valence-electron chi connectivity index (χ1n) is 34.3. The van der Waals surface area contributed by atoms with E-state index in [-0.39, 0.29) is 63.5 Å². The molecule has 0 saturated heterocycles. The van der Waals surface area contributed by atoms with Gasteiger partial charge >= 0.3 is 29.6 Å². The molecule has 126 heavy (non-hydrogen) atoms. The fourth-order valence-corrected chi connectivity index (χ4v) is 12.9. The second kappa shape index (κ2) is 44.1. The van der Waals surface area contributed by atoms with Crippen LogP contribution in [-0.2, 0) is 19.6 Å². The summed E-state index contributed by atoms with van der Waals surface area (Å²) >= 11 is 0. The zero-order valence-electron chi connectivity index (χ0n) is 63.9. The molecule has 0 amide bonds. The predicted octanol–water partition coefficient (Wildman–Crippen LogP) is 9.86. The summed E-state index contributed by atoms with van der Waals surface area (Å²) < 4.78 is 588. The standard InChI is InChI=1S/2C24BF20.3C10H15N.2BrH.Na/c2*26-5-1(6(27)14(35)21(42)13(5)34)25(2-7(28)15(36)22(43)16(37)8(2)29,3-9(30)17(38)23(44)18(39)10(3)31)4-11(32)19(40)24(45)20(41)12(4)33;3*1-3-11(2)9-10-7-5-4-6-8-10;;;/h;;3*4-8H,3,9H2,1-2H3;2*1H;/q2*-1;;;;;;+1/p+1. The maximum absolute atomic E-state index is 15.4. The van der Waals surface area contributed by atoms with Gasteiger partial charge in [0.15, 0.2) is 140 Å². The smallest absolute Gasteiger partial charge is 1.00 e. The Morgan fingerprint density at radius 1 is 0.214 bits per heavy atom. The number of hydrogen-bond donors (Lipinski definition) is 2. The second-order valence-electron chi connectivity index (χ2n) is 26.4. The van der Waals surface area contributed by atoms with Gasteiger partial charge in [-0.15, -0.1) is 60.7 Å². The van der Waals surface area contributed by atoms with Gasteiger partial charge in [-0.05, 0) is 33.0 Å². The van der Waals surface area contributed by atoms with Gasteiger partial charge in [0.25, 0.3) is 0 Å². The maximum Gasteiger partial charge on any atom is 1.00 e. The topological polar surface area (TPSA) is 12.1 Å². The van der Waals surface area contributed by atoms with Crippen molar-refractivity contribution in [1.82, 2.24) is 4.90 Å². The molecule has 3 nitrogen and oxygen atoms in total. The molecule has 48 heteroatoms. The summed E-state index contributed by atoms with van der Waals surface area (Å²) in [6.07, 6.45) is -14.4. The van der Waals surface area contributed by atoms with E-state index in [1.807, 2.05) is 0 Å². The van der Waals surface area contributed by atoms with Crippen molar-refractivity contribution in [3.63, 3.8) is 0 Å². The zero-order valence-corrected chi connectivity index (χ0v) is 69.2. The number of nitrogens with one attached hydrogen (secondary N) is 2. The van der Waals surface area contributed by atoms with E-state index in [2.05, 4.69) is 138 Å². The molecule has 0 aliphatic heterocycles. The summed E-state index contributed by atoms with van der Waals surface area (Å²) in [6.45, 7) is 13.4. The molecule has 2 atom stereocenters. The molecule has 11 rings (SSSR count).